The van der Waals surface area contributed by atoms with Crippen LogP contribution in [0.1, 0.15) is 0 Å². The van der Waals surface area contributed by atoms with Crippen LogP contribution >= 0.6 is 0 Å². The molecule has 0 N–H and O–H groups in total. The Morgan fingerprint density at radius 2 is 1.65 bits per heavy atom. The highest BCUT2D eigenvalue weighted by atomic mass is 32.2. The summed E-state index contributed by atoms with van der Waals surface area (Å²) in [5, 5.41) is 10.5. The van der Waals surface area contributed by atoms with Crippen molar-refractivity contribution in [3.63, 3.8) is 0 Å². The third kappa shape index (κ3) is 2.91. The van der Waals surface area contributed by atoms with Gasteiger partial charge in [0.15, 0.2) is 0 Å². The molecule has 20 heavy (non-hydrogen) atoms. The average molecular weight is 297 g/mol. The minimum Gasteiger partial charge on any atom is -0.379 e. The number of rotatable bonds is 4. The normalized spacial score (nSPS) is 11.1. The van der Waals surface area contributed by atoms with E-state index in [9.17, 15) is 22.9 Å². The average Bonchev–Trinajstić information content (AvgIpc) is 2.39. The Morgan fingerprint density at radius 3 is 2.20 bits per heavy atom. The largest absolute Gasteiger partial charge is 0.379 e. The van der Waals surface area contributed by atoms with E-state index in [1.165, 1.54) is 12.1 Å². The molecule has 0 spiro atoms. The number of nitro benzene ring substituents is 1. The van der Waals surface area contributed by atoms with Crippen molar-refractivity contribution in [2.24, 2.45) is 0 Å². The quantitative estimate of drug-likeness (QED) is 0.491. The van der Waals surface area contributed by atoms with Gasteiger partial charge >= 0.3 is 10.1 Å². The Labute approximate surface area is 113 Å². The first kappa shape index (κ1) is 13.9. The maximum Gasteiger partial charge on any atom is 0.342 e. The fourth-order valence-electron chi connectivity index (χ4n) is 1.44. The molecule has 0 aliphatic rings. The summed E-state index contributed by atoms with van der Waals surface area (Å²) in [5.74, 6) is -1.08. The van der Waals surface area contributed by atoms with Gasteiger partial charge in [-0.2, -0.15) is 8.42 Å². The molecule has 0 aliphatic heterocycles. The summed E-state index contributed by atoms with van der Waals surface area (Å²) in [6, 6.07) is 9.18. The molecule has 0 aromatic heterocycles. The molecule has 0 aliphatic carbocycles. The highest BCUT2D eigenvalue weighted by molar-refractivity contribution is 7.87. The Morgan fingerprint density at radius 1 is 1.05 bits per heavy atom. The van der Waals surface area contributed by atoms with Crippen LogP contribution in [0.4, 0.5) is 10.1 Å². The van der Waals surface area contributed by atoms with Gasteiger partial charge in [-0.25, -0.2) is 4.39 Å². The number of benzene rings is 2. The van der Waals surface area contributed by atoms with Gasteiger partial charge < -0.3 is 4.18 Å². The number of non-ortho nitro benzene ring substituents is 1. The second-order valence-electron chi connectivity index (χ2n) is 3.72. The fourth-order valence-corrected chi connectivity index (χ4v) is 2.45. The first-order valence-electron chi connectivity index (χ1n) is 5.33. The lowest BCUT2D eigenvalue weighted by Gasteiger charge is -2.07. The van der Waals surface area contributed by atoms with Crippen LogP contribution in [-0.2, 0) is 10.1 Å². The number of halogens is 1. The molecule has 2 rings (SSSR count). The van der Waals surface area contributed by atoms with Crippen LogP contribution in [-0.4, -0.2) is 13.3 Å². The SMILES string of the molecule is O=[N+]([O-])c1ccc(OS(=O)(=O)c2ccccc2F)cc1. The lowest BCUT2D eigenvalue weighted by molar-refractivity contribution is -0.384. The molecule has 104 valence electrons. The summed E-state index contributed by atoms with van der Waals surface area (Å²) in [7, 11) is -4.32. The summed E-state index contributed by atoms with van der Waals surface area (Å²) in [6.07, 6.45) is 0. The van der Waals surface area contributed by atoms with Gasteiger partial charge in [0, 0.05) is 12.1 Å². The lowest BCUT2D eigenvalue weighted by Crippen LogP contribution is -2.11. The van der Waals surface area contributed by atoms with Crippen LogP contribution in [0.3, 0.4) is 0 Å². The van der Waals surface area contributed by atoms with E-state index in [4.69, 9.17) is 4.18 Å². The van der Waals surface area contributed by atoms with E-state index >= 15 is 0 Å². The van der Waals surface area contributed by atoms with Crippen LogP contribution in [0.25, 0.3) is 0 Å². The molecule has 6 nitrogen and oxygen atoms in total. The number of hydrogen-bond donors (Lipinski definition) is 0. The van der Waals surface area contributed by atoms with E-state index in [0.717, 1.165) is 36.4 Å². The highest BCUT2D eigenvalue weighted by Gasteiger charge is 2.21. The Hall–Kier alpha value is -2.48. The molecule has 0 saturated carbocycles. The van der Waals surface area contributed by atoms with Gasteiger partial charge in [0.05, 0.1) is 4.92 Å². The van der Waals surface area contributed by atoms with E-state index in [-0.39, 0.29) is 11.4 Å². The molecular formula is C12H8FNO5S. The standard InChI is InChI=1S/C12H8FNO5S/c13-11-3-1-2-4-12(11)20(17,18)19-10-7-5-9(6-8-10)14(15)16/h1-8H. The molecule has 0 saturated heterocycles. The molecule has 8 heteroatoms. The van der Waals surface area contributed by atoms with Crippen molar-refractivity contribution in [2.45, 2.75) is 4.90 Å². The molecule has 2 aromatic rings. The van der Waals surface area contributed by atoms with Crippen LogP contribution in [0.15, 0.2) is 53.4 Å². The maximum atomic E-state index is 13.4. The second kappa shape index (κ2) is 5.25. The summed E-state index contributed by atoms with van der Waals surface area (Å²) in [4.78, 5) is 9.23. The Balaban J connectivity index is 2.29. The van der Waals surface area contributed by atoms with Crippen LogP contribution < -0.4 is 4.18 Å². The molecule has 2 aromatic carbocycles. The van der Waals surface area contributed by atoms with E-state index in [1.54, 1.807) is 0 Å². The summed E-state index contributed by atoms with van der Waals surface area (Å²) in [6.45, 7) is 0. The Kier molecular flexibility index (Phi) is 3.66. The second-order valence-corrected chi connectivity index (χ2v) is 5.23. The van der Waals surface area contributed by atoms with Gasteiger partial charge in [-0.1, -0.05) is 12.1 Å². The molecule has 0 heterocycles. The third-order valence-electron chi connectivity index (χ3n) is 2.36. The summed E-state index contributed by atoms with van der Waals surface area (Å²) >= 11 is 0. The molecule has 0 bridgehead atoms. The smallest absolute Gasteiger partial charge is 0.342 e. The molecular weight excluding hydrogens is 289 g/mol. The molecule has 0 fully saturated rings. The molecule has 0 radical (unpaired) electrons. The van der Waals surface area contributed by atoms with Crippen LogP contribution in [0, 0.1) is 15.9 Å². The third-order valence-corrected chi connectivity index (χ3v) is 3.64. The number of nitrogens with zero attached hydrogens (tertiary/aromatic N) is 1. The topological polar surface area (TPSA) is 86.5 Å². The van der Waals surface area contributed by atoms with Crippen LogP contribution in [0.5, 0.6) is 5.75 Å². The maximum absolute atomic E-state index is 13.4. The van der Waals surface area contributed by atoms with E-state index in [2.05, 4.69) is 0 Å². The predicted octanol–water partition coefficient (Wildman–Crippen LogP) is 2.50. The van der Waals surface area contributed by atoms with Crippen molar-refractivity contribution >= 4 is 15.8 Å². The zero-order valence-electron chi connectivity index (χ0n) is 9.89. The zero-order valence-corrected chi connectivity index (χ0v) is 10.7. The minimum absolute atomic E-state index is 0.140. The molecule has 0 amide bonds. The number of hydrogen-bond acceptors (Lipinski definition) is 5. The van der Waals surface area contributed by atoms with E-state index in [0.29, 0.717) is 0 Å². The van der Waals surface area contributed by atoms with E-state index < -0.39 is 25.8 Å². The monoisotopic (exact) mass is 297 g/mol. The van der Waals surface area contributed by atoms with Crippen LogP contribution in [0.2, 0.25) is 0 Å². The van der Waals surface area contributed by atoms with Crippen molar-refractivity contribution in [1.82, 2.24) is 0 Å². The van der Waals surface area contributed by atoms with Gasteiger partial charge in [-0.15, -0.1) is 0 Å². The van der Waals surface area contributed by atoms with Gasteiger partial charge in [0.1, 0.15) is 16.5 Å². The van der Waals surface area contributed by atoms with Crippen molar-refractivity contribution in [2.75, 3.05) is 0 Å². The van der Waals surface area contributed by atoms with Crippen molar-refractivity contribution in [3.8, 4) is 5.75 Å². The minimum atomic E-state index is -4.32. The Bertz CT molecular complexity index is 743. The summed E-state index contributed by atoms with van der Waals surface area (Å²) < 4.78 is 41.8. The zero-order chi connectivity index (χ0) is 14.8. The van der Waals surface area contributed by atoms with Crippen molar-refractivity contribution in [1.29, 1.82) is 0 Å². The van der Waals surface area contributed by atoms with Crippen molar-refractivity contribution in [3.05, 3.63) is 64.5 Å². The van der Waals surface area contributed by atoms with Gasteiger partial charge in [0.2, 0.25) is 0 Å². The van der Waals surface area contributed by atoms with Gasteiger partial charge in [-0.3, -0.25) is 10.1 Å². The van der Waals surface area contributed by atoms with E-state index in [1.807, 2.05) is 0 Å². The predicted molar refractivity (Wildman–Crippen MR) is 67.3 cm³/mol. The lowest BCUT2D eigenvalue weighted by atomic mass is 10.3. The highest BCUT2D eigenvalue weighted by Crippen LogP contribution is 2.22. The molecule has 0 unspecified atom stereocenters. The first-order valence-corrected chi connectivity index (χ1v) is 6.74. The first-order chi connectivity index (χ1) is 9.40. The fraction of sp³-hybridized carbons (Fsp3) is 0. The molecule has 0 atom stereocenters. The summed E-state index contributed by atoms with van der Waals surface area (Å²) in [5.41, 5.74) is -0.208. The van der Waals surface area contributed by atoms with Gasteiger partial charge in [-0.05, 0) is 24.3 Å². The number of nitro groups is 1. The van der Waals surface area contributed by atoms with Gasteiger partial charge in [0.25, 0.3) is 5.69 Å². The van der Waals surface area contributed by atoms with Crippen molar-refractivity contribution < 1.29 is 21.9 Å².